The van der Waals surface area contributed by atoms with E-state index in [0.29, 0.717) is 13.1 Å². The van der Waals surface area contributed by atoms with Gasteiger partial charge in [-0.2, -0.15) is 0 Å². The van der Waals surface area contributed by atoms with Crippen LogP contribution in [0.1, 0.15) is 24.1 Å². The van der Waals surface area contributed by atoms with E-state index >= 15 is 0 Å². The predicted octanol–water partition coefficient (Wildman–Crippen LogP) is 0.588. The number of carbonyl (C=O) groups is 1. The third-order valence-electron chi connectivity index (χ3n) is 3.08. The van der Waals surface area contributed by atoms with Gasteiger partial charge in [-0.1, -0.05) is 29.8 Å². The molecule has 3 N–H and O–H groups in total. The van der Waals surface area contributed by atoms with E-state index in [1.54, 1.807) is 11.8 Å². The molecule has 0 bridgehead atoms. The van der Waals surface area contributed by atoms with E-state index in [0.717, 1.165) is 11.1 Å². The summed E-state index contributed by atoms with van der Waals surface area (Å²) in [5.74, 6) is -0.125. The van der Waals surface area contributed by atoms with Crippen LogP contribution in [0, 0.1) is 6.92 Å². The lowest BCUT2D eigenvalue weighted by Gasteiger charge is -2.45. The highest BCUT2D eigenvalue weighted by atomic mass is 16.3. The summed E-state index contributed by atoms with van der Waals surface area (Å²) in [5, 5.41) is 9.59. The van der Waals surface area contributed by atoms with Crippen LogP contribution in [-0.2, 0) is 4.79 Å². The van der Waals surface area contributed by atoms with Crippen LogP contribution in [0.5, 0.6) is 0 Å². The molecular weight excluding hydrogens is 216 g/mol. The molecule has 1 aromatic carbocycles. The molecule has 0 spiro atoms. The molecule has 2 rings (SSSR count). The summed E-state index contributed by atoms with van der Waals surface area (Å²) >= 11 is 0. The third kappa shape index (κ3) is 2.48. The van der Waals surface area contributed by atoms with E-state index in [-0.39, 0.29) is 5.91 Å². The zero-order chi connectivity index (χ0) is 12.6. The summed E-state index contributed by atoms with van der Waals surface area (Å²) < 4.78 is 0. The molecule has 1 aliphatic rings. The number of likely N-dealkylation sites (tertiary alicyclic amines) is 1. The minimum absolute atomic E-state index is 0.125. The molecule has 1 fully saturated rings. The zero-order valence-corrected chi connectivity index (χ0v) is 10.2. The van der Waals surface area contributed by atoms with E-state index in [9.17, 15) is 9.90 Å². The molecule has 92 valence electrons. The number of aliphatic hydroxyl groups is 1. The van der Waals surface area contributed by atoms with Gasteiger partial charge in [0.05, 0.1) is 18.7 Å². The smallest absolute Gasteiger partial charge is 0.244 e. The first-order valence-electron chi connectivity index (χ1n) is 5.72. The molecule has 1 amide bonds. The van der Waals surface area contributed by atoms with Gasteiger partial charge in [-0.3, -0.25) is 4.79 Å². The summed E-state index contributed by atoms with van der Waals surface area (Å²) in [6, 6.07) is 6.99. The lowest BCUT2D eigenvalue weighted by atomic mass is 9.94. The van der Waals surface area contributed by atoms with Gasteiger partial charge in [0, 0.05) is 0 Å². The predicted molar refractivity (Wildman–Crippen MR) is 65.3 cm³/mol. The number of hydrogen-bond acceptors (Lipinski definition) is 3. The fourth-order valence-corrected chi connectivity index (χ4v) is 2.04. The van der Waals surface area contributed by atoms with Crippen LogP contribution in [0.25, 0.3) is 0 Å². The van der Waals surface area contributed by atoms with Crippen LogP contribution < -0.4 is 5.73 Å². The Balaban J connectivity index is 2.03. The van der Waals surface area contributed by atoms with Gasteiger partial charge < -0.3 is 15.7 Å². The van der Waals surface area contributed by atoms with Crippen LogP contribution in [0.15, 0.2) is 24.3 Å². The van der Waals surface area contributed by atoms with Crippen molar-refractivity contribution < 1.29 is 9.90 Å². The van der Waals surface area contributed by atoms with Crippen molar-refractivity contribution in [2.45, 2.75) is 25.5 Å². The molecule has 1 heterocycles. The van der Waals surface area contributed by atoms with Gasteiger partial charge in [-0.05, 0) is 19.4 Å². The Morgan fingerprint density at radius 3 is 2.41 bits per heavy atom. The molecule has 4 heteroatoms. The highest BCUT2D eigenvalue weighted by Crippen LogP contribution is 2.23. The Bertz CT molecular complexity index is 418. The Hall–Kier alpha value is -1.39. The SMILES string of the molecule is Cc1ccc(C(N)C(=O)N2CC(C)(O)C2)cc1. The highest BCUT2D eigenvalue weighted by Gasteiger charge is 2.40. The van der Waals surface area contributed by atoms with Crippen LogP contribution in [0.2, 0.25) is 0 Å². The Morgan fingerprint density at radius 1 is 1.41 bits per heavy atom. The first-order chi connectivity index (χ1) is 7.89. The van der Waals surface area contributed by atoms with Gasteiger partial charge in [0.15, 0.2) is 0 Å². The summed E-state index contributed by atoms with van der Waals surface area (Å²) in [6.45, 7) is 4.44. The maximum absolute atomic E-state index is 12.0. The molecule has 1 saturated heterocycles. The maximum atomic E-state index is 12.0. The largest absolute Gasteiger partial charge is 0.386 e. The second-order valence-corrected chi connectivity index (χ2v) is 5.08. The normalized spacial score (nSPS) is 19.6. The van der Waals surface area contributed by atoms with E-state index in [2.05, 4.69) is 0 Å². The number of hydrogen-bond donors (Lipinski definition) is 2. The van der Waals surface area contributed by atoms with Crippen LogP contribution in [-0.4, -0.2) is 34.6 Å². The number of rotatable bonds is 2. The van der Waals surface area contributed by atoms with Crippen molar-refractivity contribution in [3.05, 3.63) is 35.4 Å². The summed E-state index contributed by atoms with van der Waals surface area (Å²) in [4.78, 5) is 13.6. The molecule has 0 saturated carbocycles. The van der Waals surface area contributed by atoms with E-state index in [4.69, 9.17) is 5.73 Å². The minimum atomic E-state index is -0.747. The van der Waals surface area contributed by atoms with Crippen LogP contribution >= 0.6 is 0 Å². The second kappa shape index (κ2) is 4.13. The number of nitrogens with zero attached hydrogens (tertiary/aromatic N) is 1. The molecule has 1 aliphatic heterocycles. The average Bonchev–Trinajstić information content (AvgIpc) is 2.25. The van der Waals surface area contributed by atoms with Gasteiger partial charge in [0.1, 0.15) is 6.04 Å². The number of carbonyl (C=O) groups excluding carboxylic acids is 1. The van der Waals surface area contributed by atoms with Crippen molar-refractivity contribution in [3.8, 4) is 0 Å². The van der Waals surface area contributed by atoms with Crippen molar-refractivity contribution in [1.82, 2.24) is 4.90 Å². The van der Waals surface area contributed by atoms with Crippen molar-refractivity contribution in [2.75, 3.05) is 13.1 Å². The zero-order valence-electron chi connectivity index (χ0n) is 10.2. The van der Waals surface area contributed by atoms with Gasteiger partial charge in [0.2, 0.25) is 5.91 Å². The molecule has 0 aliphatic carbocycles. The lowest BCUT2D eigenvalue weighted by Crippen LogP contribution is -2.63. The number of benzene rings is 1. The van der Waals surface area contributed by atoms with Crippen molar-refractivity contribution in [2.24, 2.45) is 5.73 Å². The topological polar surface area (TPSA) is 66.6 Å². The van der Waals surface area contributed by atoms with E-state index < -0.39 is 11.6 Å². The monoisotopic (exact) mass is 234 g/mol. The van der Waals surface area contributed by atoms with Gasteiger partial charge in [-0.25, -0.2) is 0 Å². The molecule has 0 radical (unpaired) electrons. The molecule has 0 aromatic heterocycles. The van der Waals surface area contributed by atoms with Crippen LogP contribution in [0.3, 0.4) is 0 Å². The van der Waals surface area contributed by atoms with Crippen molar-refractivity contribution in [1.29, 1.82) is 0 Å². The van der Waals surface area contributed by atoms with Crippen LogP contribution in [0.4, 0.5) is 0 Å². The molecule has 4 nitrogen and oxygen atoms in total. The maximum Gasteiger partial charge on any atom is 0.244 e. The molecule has 1 aromatic rings. The number of aryl methyl sites for hydroxylation is 1. The van der Waals surface area contributed by atoms with Crippen molar-refractivity contribution >= 4 is 5.91 Å². The van der Waals surface area contributed by atoms with Gasteiger partial charge >= 0.3 is 0 Å². The first kappa shape index (κ1) is 12.1. The molecular formula is C13H18N2O2. The second-order valence-electron chi connectivity index (χ2n) is 5.08. The molecule has 1 atom stereocenters. The summed E-state index contributed by atoms with van der Waals surface area (Å²) in [7, 11) is 0. The summed E-state index contributed by atoms with van der Waals surface area (Å²) in [6.07, 6.45) is 0. The molecule has 1 unspecified atom stereocenters. The third-order valence-corrected chi connectivity index (χ3v) is 3.08. The molecule has 17 heavy (non-hydrogen) atoms. The quantitative estimate of drug-likeness (QED) is 0.787. The Labute approximate surface area is 101 Å². The highest BCUT2D eigenvalue weighted by molar-refractivity contribution is 5.84. The van der Waals surface area contributed by atoms with E-state index in [1.807, 2.05) is 31.2 Å². The average molecular weight is 234 g/mol. The minimum Gasteiger partial charge on any atom is -0.386 e. The first-order valence-corrected chi connectivity index (χ1v) is 5.72. The Kier molecular flexibility index (Phi) is 2.93. The van der Waals surface area contributed by atoms with E-state index in [1.165, 1.54) is 0 Å². The standard InChI is InChI=1S/C13H18N2O2/c1-9-3-5-10(6-4-9)11(14)12(16)15-7-13(2,17)8-15/h3-6,11,17H,7-8,14H2,1-2H3. The Morgan fingerprint density at radius 2 is 1.94 bits per heavy atom. The van der Waals surface area contributed by atoms with Gasteiger partial charge in [-0.15, -0.1) is 0 Å². The fourth-order valence-electron chi connectivity index (χ4n) is 2.04. The van der Waals surface area contributed by atoms with Crippen molar-refractivity contribution in [3.63, 3.8) is 0 Å². The van der Waals surface area contributed by atoms with Gasteiger partial charge in [0.25, 0.3) is 0 Å². The summed E-state index contributed by atoms with van der Waals surface area (Å²) in [5.41, 5.74) is 7.12. The number of β-amino-alcohol motifs (C(OH)–C–C–N with tert-alkyl or cyclic N) is 1. The lowest BCUT2D eigenvalue weighted by molar-refractivity contribution is -0.153. The number of nitrogens with two attached hydrogens (primary N) is 1. The number of amides is 1. The fraction of sp³-hybridized carbons (Fsp3) is 0.462.